The fourth-order valence-corrected chi connectivity index (χ4v) is 4.26. The summed E-state index contributed by atoms with van der Waals surface area (Å²) in [5.41, 5.74) is 0.799. The summed E-state index contributed by atoms with van der Waals surface area (Å²) in [5.74, 6) is -3.36. The second-order valence-electron chi connectivity index (χ2n) is 8.51. The average molecular weight is 479 g/mol. The van der Waals surface area contributed by atoms with Gasteiger partial charge in [-0.2, -0.15) is 13.2 Å². The van der Waals surface area contributed by atoms with E-state index < -0.39 is 23.5 Å². The lowest BCUT2D eigenvalue weighted by Gasteiger charge is -2.27. The third-order valence-corrected chi connectivity index (χ3v) is 6.10. The number of rotatable bonds is 6. The number of nitrogens with zero attached hydrogens (tertiary/aromatic N) is 3. The van der Waals surface area contributed by atoms with Gasteiger partial charge in [-0.05, 0) is 48.9 Å². The van der Waals surface area contributed by atoms with Gasteiger partial charge in [0.2, 0.25) is 0 Å². The molecule has 3 nitrogen and oxygen atoms in total. The molecule has 1 fully saturated rings. The van der Waals surface area contributed by atoms with Crippen LogP contribution in [0.2, 0.25) is 0 Å². The Morgan fingerprint density at radius 2 is 1.53 bits per heavy atom. The number of alkyl halides is 5. The van der Waals surface area contributed by atoms with Crippen molar-refractivity contribution in [2.75, 3.05) is 11.4 Å². The summed E-state index contributed by atoms with van der Waals surface area (Å²) in [6.45, 7) is 1.40. The Labute approximate surface area is 193 Å². The van der Waals surface area contributed by atoms with Gasteiger partial charge in [-0.1, -0.05) is 36.4 Å². The molecule has 1 aliphatic heterocycles. The number of hydrogen-bond donors (Lipinski definition) is 0. The molecular weight excluding hydrogens is 456 g/mol. The molecule has 0 radical (unpaired) electrons. The standard InChI is InChI=1S/C25H23F6N3/c1-24(27,28)18-11-7-17(8-12-18)21-3-2-14-34(21)23-22(26)20(32-15-33-23)13-6-16-4-9-19(10-5-16)25(29,30)31/h4-5,7-12,15,21H,2-3,6,13-14H2,1H3. The Morgan fingerprint density at radius 1 is 0.882 bits per heavy atom. The molecule has 0 aliphatic carbocycles. The third kappa shape index (κ3) is 5.18. The fourth-order valence-electron chi connectivity index (χ4n) is 4.26. The molecule has 1 saturated heterocycles. The minimum atomic E-state index is -4.41. The first-order valence-electron chi connectivity index (χ1n) is 10.9. The molecule has 180 valence electrons. The minimum absolute atomic E-state index is 0.0837. The highest BCUT2D eigenvalue weighted by atomic mass is 19.4. The van der Waals surface area contributed by atoms with Gasteiger partial charge >= 0.3 is 6.18 Å². The summed E-state index contributed by atoms with van der Waals surface area (Å²) in [6, 6.07) is 10.6. The quantitative estimate of drug-likeness (QED) is 0.361. The Morgan fingerprint density at radius 3 is 2.15 bits per heavy atom. The van der Waals surface area contributed by atoms with E-state index in [1.54, 1.807) is 12.1 Å². The van der Waals surface area contributed by atoms with Crippen LogP contribution >= 0.6 is 0 Å². The smallest absolute Gasteiger partial charge is 0.347 e. The van der Waals surface area contributed by atoms with Crippen LogP contribution in [-0.2, 0) is 24.9 Å². The predicted molar refractivity (Wildman–Crippen MR) is 116 cm³/mol. The minimum Gasteiger partial charge on any atom is -0.347 e. The molecule has 2 aromatic carbocycles. The Kier molecular flexibility index (Phi) is 6.55. The summed E-state index contributed by atoms with van der Waals surface area (Å²) in [6.07, 6.45) is -1.09. The van der Waals surface area contributed by atoms with E-state index in [-0.39, 0.29) is 29.5 Å². The Hall–Kier alpha value is -3.10. The van der Waals surface area contributed by atoms with Crippen molar-refractivity contribution < 1.29 is 26.3 Å². The first kappa shape index (κ1) is 24.0. The molecule has 9 heteroatoms. The lowest BCUT2D eigenvalue weighted by molar-refractivity contribution is -0.137. The van der Waals surface area contributed by atoms with Crippen LogP contribution in [0, 0.1) is 5.82 Å². The maximum Gasteiger partial charge on any atom is 0.416 e. The monoisotopic (exact) mass is 479 g/mol. The van der Waals surface area contributed by atoms with Crippen molar-refractivity contribution in [3.8, 4) is 0 Å². The van der Waals surface area contributed by atoms with Crippen molar-refractivity contribution in [2.24, 2.45) is 0 Å². The molecule has 0 bridgehead atoms. The molecule has 3 aromatic rings. The zero-order valence-corrected chi connectivity index (χ0v) is 18.4. The lowest BCUT2D eigenvalue weighted by atomic mass is 10.0. The summed E-state index contributed by atoms with van der Waals surface area (Å²) in [4.78, 5) is 10.0. The van der Waals surface area contributed by atoms with E-state index in [1.807, 2.05) is 4.90 Å². The summed E-state index contributed by atoms with van der Waals surface area (Å²) >= 11 is 0. The average Bonchev–Trinajstić information content (AvgIpc) is 3.27. The maximum atomic E-state index is 15.3. The van der Waals surface area contributed by atoms with Crippen LogP contribution in [0.15, 0.2) is 54.9 Å². The molecule has 1 unspecified atom stereocenters. The highest BCUT2D eigenvalue weighted by molar-refractivity contribution is 5.46. The molecule has 4 rings (SSSR count). The van der Waals surface area contributed by atoms with Gasteiger partial charge in [0, 0.05) is 19.0 Å². The van der Waals surface area contributed by atoms with Crippen molar-refractivity contribution >= 4 is 5.82 Å². The molecule has 0 spiro atoms. The van der Waals surface area contributed by atoms with E-state index in [4.69, 9.17) is 0 Å². The van der Waals surface area contributed by atoms with Gasteiger partial charge < -0.3 is 4.90 Å². The number of benzene rings is 2. The Bertz CT molecular complexity index is 1120. The number of hydrogen-bond acceptors (Lipinski definition) is 3. The van der Waals surface area contributed by atoms with E-state index in [1.165, 1.54) is 30.6 Å². The van der Waals surface area contributed by atoms with E-state index in [9.17, 15) is 22.0 Å². The van der Waals surface area contributed by atoms with Gasteiger partial charge in [0.25, 0.3) is 5.92 Å². The largest absolute Gasteiger partial charge is 0.416 e. The first-order chi connectivity index (χ1) is 16.0. The second kappa shape index (κ2) is 9.27. The molecule has 1 aromatic heterocycles. The van der Waals surface area contributed by atoms with Crippen LogP contribution in [0.1, 0.15) is 53.8 Å². The molecule has 0 saturated carbocycles. The van der Waals surface area contributed by atoms with Gasteiger partial charge in [0.05, 0.1) is 17.3 Å². The summed E-state index contributed by atoms with van der Waals surface area (Å²) in [7, 11) is 0. The van der Waals surface area contributed by atoms with Crippen LogP contribution in [0.25, 0.3) is 0 Å². The van der Waals surface area contributed by atoms with Crippen LogP contribution < -0.4 is 4.90 Å². The zero-order valence-electron chi connectivity index (χ0n) is 18.4. The van der Waals surface area contributed by atoms with E-state index in [0.29, 0.717) is 18.5 Å². The molecule has 2 heterocycles. The maximum absolute atomic E-state index is 15.3. The normalized spacial score (nSPS) is 16.8. The van der Waals surface area contributed by atoms with Crippen LogP contribution in [0.3, 0.4) is 0 Å². The van der Waals surface area contributed by atoms with Crippen molar-refractivity contribution in [3.63, 3.8) is 0 Å². The van der Waals surface area contributed by atoms with Gasteiger partial charge in [-0.25, -0.2) is 23.1 Å². The number of anilines is 1. The zero-order chi connectivity index (χ0) is 24.5. The fraction of sp³-hybridized carbons (Fsp3) is 0.360. The van der Waals surface area contributed by atoms with Gasteiger partial charge in [0.1, 0.15) is 6.33 Å². The van der Waals surface area contributed by atoms with Gasteiger partial charge in [-0.15, -0.1) is 0 Å². The topological polar surface area (TPSA) is 29.0 Å². The molecule has 0 amide bonds. The number of halogens is 6. The van der Waals surface area contributed by atoms with Crippen molar-refractivity contribution in [3.05, 3.63) is 88.6 Å². The highest BCUT2D eigenvalue weighted by Gasteiger charge is 2.32. The first-order valence-corrected chi connectivity index (χ1v) is 10.9. The van der Waals surface area contributed by atoms with E-state index in [2.05, 4.69) is 9.97 Å². The molecule has 34 heavy (non-hydrogen) atoms. The van der Waals surface area contributed by atoms with Crippen molar-refractivity contribution in [2.45, 2.75) is 50.7 Å². The van der Waals surface area contributed by atoms with E-state index in [0.717, 1.165) is 37.5 Å². The van der Waals surface area contributed by atoms with Gasteiger partial charge in [-0.3, -0.25) is 0 Å². The summed E-state index contributed by atoms with van der Waals surface area (Å²) < 4.78 is 80.6. The Balaban J connectivity index is 1.50. The van der Waals surface area contributed by atoms with Gasteiger partial charge in [0.15, 0.2) is 11.6 Å². The predicted octanol–water partition coefficient (Wildman–Crippen LogP) is 6.87. The summed E-state index contributed by atoms with van der Waals surface area (Å²) in [5, 5.41) is 0. The van der Waals surface area contributed by atoms with Crippen LogP contribution in [-0.4, -0.2) is 16.5 Å². The SMILES string of the molecule is CC(F)(F)c1ccc(C2CCCN2c2ncnc(CCc3ccc(C(F)(F)F)cc3)c2F)cc1. The van der Waals surface area contributed by atoms with Crippen LogP contribution in [0.4, 0.5) is 32.2 Å². The highest BCUT2D eigenvalue weighted by Crippen LogP contribution is 2.38. The number of aryl methyl sites for hydroxylation is 2. The van der Waals surface area contributed by atoms with Crippen molar-refractivity contribution in [1.82, 2.24) is 9.97 Å². The van der Waals surface area contributed by atoms with E-state index >= 15 is 4.39 Å². The molecule has 1 atom stereocenters. The number of aromatic nitrogens is 2. The second-order valence-corrected chi connectivity index (χ2v) is 8.51. The lowest BCUT2D eigenvalue weighted by Crippen LogP contribution is -2.25. The van der Waals surface area contributed by atoms with Crippen molar-refractivity contribution in [1.29, 1.82) is 0 Å². The molecule has 0 N–H and O–H groups in total. The van der Waals surface area contributed by atoms with Crippen LogP contribution in [0.5, 0.6) is 0 Å². The third-order valence-electron chi connectivity index (χ3n) is 6.10. The molecular formula is C25H23F6N3. The molecule has 1 aliphatic rings.